The molecule has 134 valence electrons. The van der Waals surface area contributed by atoms with E-state index in [0.717, 1.165) is 0 Å². The molecule has 0 aliphatic carbocycles. The average molecular weight is 411 g/mol. The minimum atomic E-state index is -1.79. The molecule has 0 aromatic heterocycles. The van der Waals surface area contributed by atoms with Gasteiger partial charge in [0.15, 0.2) is 31.3 Å². The second kappa shape index (κ2) is 6.51. The maximum absolute atomic E-state index is 7.03. The van der Waals surface area contributed by atoms with E-state index >= 15 is 0 Å². The van der Waals surface area contributed by atoms with Gasteiger partial charge >= 0.3 is 0 Å². The topological polar surface area (TPSA) is 18.5 Å². The van der Waals surface area contributed by atoms with Gasteiger partial charge in [0.1, 0.15) is 0 Å². The van der Waals surface area contributed by atoms with Crippen molar-refractivity contribution in [2.45, 2.75) is 91.7 Å². The molecule has 0 aromatic carbocycles. The van der Waals surface area contributed by atoms with Crippen LogP contribution in [0.2, 0.25) is 91.7 Å². The fourth-order valence-electron chi connectivity index (χ4n) is 1.83. The lowest BCUT2D eigenvalue weighted by atomic mass is 11.8. The third-order valence-electron chi connectivity index (χ3n) is 6.08. The molecule has 0 radical (unpaired) electrons. The predicted molar refractivity (Wildman–Crippen MR) is 119 cm³/mol. The van der Waals surface area contributed by atoms with Crippen molar-refractivity contribution in [2.75, 3.05) is 0 Å². The van der Waals surface area contributed by atoms with Crippen molar-refractivity contribution in [1.29, 1.82) is 0 Å². The van der Waals surface area contributed by atoms with Gasteiger partial charge in [-0.2, -0.15) is 0 Å². The zero-order valence-corrected chi connectivity index (χ0v) is 23.8. The average Bonchev–Trinajstić information content (AvgIpc) is 2.09. The molecule has 0 aliphatic rings. The number of hydrogen-bond donors (Lipinski definition) is 0. The van der Waals surface area contributed by atoms with Crippen molar-refractivity contribution < 1.29 is 8.23 Å². The van der Waals surface area contributed by atoms with Gasteiger partial charge in [-0.15, -0.1) is 0 Å². The van der Waals surface area contributed by atoms with Crippen molar-refractivity contribution >= 4 is 46.5 Å². The lowest BCUT2D eigenvalue weighted by Crippen LogP contribution is -2.72. The van der Waals surface area contributed by atoms with E-state index in [9.17, 15) is 0 Å². The summed E-state index contributed by atoms with van der Waals surface area (Å²) in [7, 11) is -9.23. The van der Waals surface area contributed by atoms with Crippen LogP contribution in [0.1, 0.15) is 0 Å². The Morgan fingerprint density at radius 1 is 0.318 bits per heavy atom. The minimum Gasteiger partial charge on any atom is -0.458 e. The van der Waals surface area contributed by atoms with Crippen LogP contribution in [0, 0.1) is 0 Å². The van der Waals surface area contributed by atoms with Gasteiger partial charge in [-0.05, 0) is 52.4 Å². The van der Waals surface area contributed by atoms with E-state index in [1.807, 2.05) is 0 Å². The summed E-state index contributed by atoms with van der Waals surface area (Å²) >= 11 is 0. The summed E-state index contributed by atoms with van der Waals surface area (Å²) in [5.41, 5.74) is 0. The molecule has 0 aliphatic heterocycles. The van der Waals surface area contributed by atoms with Gasteiger partial charge < -0.3 is 8.23 Å². The van der Waals surface area contributed by atoms with E-state index in [-0.39, 0.29) is 0 Å². The highest BCUT2D eigenvalue weighted by atomic mass is 29.3. The summed E-state index contributed by atoms with van der Waals surface area (Å²) in [5, 5.41) is 0. The van der Waals surface area contributed by atoms with Crippen molar-refractivity contribution in [1.82, 2.24) is 0 Å². The number of rotatable bonds is 7. The molecule has 0 heterocycles. The highest BCUT2D eigenvalue weighted by Gasteiger charge is 2.54. The zero-order valence-electron chi connectivity index (χ0n) is 17.8. The first-order chi connectivity index (χ1) is 9.16. The molecule has 0 atom stereocenters. The SMILES string of the molecule is C[Si](C)(C)[Si](C)(C)O[Si](C)(C)[Si](C)(C)O[Si](C)(C)[Si](C)(C)C. The molecular formula is C14H42O2Si6. The van der Waals surface area contributed by atoms with Gasteiger partial charge in [0.2, 0.25) is 0 Å². The van der Waals surface area contributed by atoms with Crippen LogP contribution in [0.5, 0.6) is 0 Å². The van der Waals surface area contributed by atoms with Crippen molar-refractivity contribution in [3.8, 4) is 0 Å². The fourth-order valence-corrected chi connectivity index (χ4v) is 37.4. The first-order valence-corrected chi connectivity index (χ1v) is 30.2. The minimum absolute atomic E-state index is 1.23. The Labute approximate surface area is 146 Å². The molecule has 8 heteroatoms. The van der Waals surface area contributed by atoms with Gasteiger partial charge in [0.25, 0.3) is 0 Å². The molecule has 0 saturated carbocycles. The van der Waals surface area contributed by atoms with E-state index in [1.54, 1.807) is 0 Å². The third kappa shape index (κ3) is 5.36. The van der Waals surface area contributed by atoms with Gasteiger partial charge in [0, 0.05) is 0 Å². The van der Waals surface area contributed by atoms with Gasteiger partial charge in [-0.1, -0.05) is 39.3 Å². The molecule has 0 unspecified atom stereocenters. The summed E-state index contributed by atoms with van der Waals surface area (Å²) in [6, 6.07) is 0. The molecule has 2 nitrogen and oxygen atoms in total. The van der Waals surface area contributed by atoms with Gasteiger partial charge in [0.05, 0.1) is 15.2 Å². The first kappa shape index (κ1) is 23.2. The highest BCUT2D eigenvalue weighted by molar-refractivity contribution is 7.47. The molecule has 0 amide bonds. The highest BCUT2D eigenvalue weighted by Crippen LogP contribution is 2.33. The smallest absolute Gasteiger partial charge is 0.191 e. The Balaban J connectivity index is 5.44. The Kier molecular flexibility index (Phi) is 6.87. The van der Waals surface area contributed by atoms with Crippen LogP contribution in [0.15, 0.2) is 0 Å². The van der Waals surface area contributed by atoms with E-state index in [0.29, 0.717) is 0 Å². The van der Waals surface area contributed by atoms with E-state index in [2.05, 4.69) is 91.7 Å². The summed E-state index contributed by atoms with van der Waals surface area (Å²) in [6.45, 7) is 34.3. The van der Waals surface area contributed by atoms with Crippen LogP contribution < -0.4 is 0 Å². The van der Waals surface area contributed by atoms with E-state index in [1.165, 1.54) is 0 Å². The van der Waals surface area contributed by atoms with Crippen LogP contribution >= 0.6 is 0 Å². The second-order valence-electron chi connectivity index (χ2n) is 10.7. The molecule has 22 heavy (non-hydrogen) atoms. The quantitative estimate of drug-likeness (QED) is 0.497. The Hall–Kier alpha value is 1.22. The molecule has 0 spiro atoms. The molecule has 0 fully saturated rings. The summed E-state index contributed by atoms with van der Waals surface area (Å²) in [5.74, 6) is 0. The van der Waals surface area contributed by atoms with Crippen LogP contribution in [0.3, 0.4) is 0 Å². The van der Waals surface area contributed by atoms with Crippen molar-refractivity contribution in [3.63, 3.8) is 0 Å². The van der Waals surface area contributed by atoms with Crippen LogP contribution in [-0.4, -0.2) is 46.5 Å². The number of hydrogen-bond acceptors (Lipinski definition) is 2. The van der Waals surface area contributed by atoms with Gasteiger partial charge in [-0.25, -0.2) is 0 Å². The molecule has 0 aromatic rings. The molecular weight excluding hydrogens is 369 g/mol. The van der Waals surface area contributed by atoms with Gasteiger partial charge in [-0.3, -0.25) is 0 Å². The largest absolute Gasteiger partial charge is 0.458 e. The zero-order chi connectivity index (χ0) is 18.4. The predicted octanol–water partition coefficient (Wildman–Crippen LogP) is 5.75. The monoisotopic (exact) mass is 410 g/mol. The van der Waals surface area contributed by atoms with Crippen LogP contribution in [-0.2, 0) is 8.23 Å². The molecule has 0 rings (SSSR count). The van der Waals surface area contributed by atoms with Crippen molar-refractivity contribution in [2.24, 2.45) is 0 Å². The summed E-state index contributed by atoms with van der Waals surface area (Å²) in [4.78, 5) is 0. The molecule has 0 N–H and O–H groups in total. The Morgan fingerprint density at radius 3 is 0.636 bits per heavy atom. The fraction of sp³-hybridized carbons (Fsp3) is 1.00. The summed E-state index contributed by atoms with van der Waals surface area (Å²) in [6.07, 6.45) is 0. The standard InChI is InChI=1S/C14H42O2Si6/c1-17(2,3)19(7,8)15-21(11,12)22(13,14)16-20(9,10)18(4,5)6/h1-14H3. The lowest BCUT2D eigenvalue weighted by molar-refractivity contribution is 0.534. The summed E-state index contributed by atoms with van der Waals surface area (Å²) < 4.78 is 14.1. The first-order valence-electron chi connectivity index (χ1n) is 8.57. The maximum Gasteiger partial charge on any atom is 0.191 e. The molecule has 0 saturated heterocycles. The van der Waals surface area contributed by atoms with E-state index < -0.39 is 46.5 Å². The normalized spacial score (nSPS) is 16.1. The second-order valence-corrected chi connectivity index (χ2v) is 56.9. The molecule has 0 bridgehead atoms. The van der Waals surface area contributed by atoms with E-state index in [4.69, 9.17) is 8.23 Å². The lowest BCUT2D eigenvalue weighted by Gasteiger charge is -2.50. The Bertz CT molecular complexity index is 353. The maximum atomic E-state index is 7.03. The van der Waals surface area contributed by atoms with Crippen LogP contribution in [0.4, 0.5) is 0 Å². The third-order valence-corrected chi connectivity index (χ3v) is 58.4. The van der Waals surface area contributed by atoms with Crippen molar-refractivity contribution in [3.05, 3.63) is 0 Å². The Morgan fingerprint density at radius 2 is 0.500 bits per heavy atom. The van der Waals surface area contributed by atoms with Crippen LogP contribution in [0.25, 0.3) is 0 Å².